The van der Waals surface area contributed by atoms with Crippen molar-refractivity contribution in [1.82, 2.24) is 15.5 Å². The number of ether oxygens (including phenoxy) is 2. The van der Waals surface area contributed by atoms with E-state index in [0.29, 0.717) is 19.7 Å². The van der Waals surface area contributed by atoms with E-state index in [2.05, 4.69) is 46.7 Å². The van der Waals surface area contributed by atoms with Gasteiger partial charge < -0.3 is 20.1 Å². The van der Waals surface area contributed by atoms with E-state index in [9.17, 15) is 4.79 Å². The largest absolute Gasteiger partial charge is 0.383 e. The Morgan fingerprint density at radius 2 is 2.13 bits per heavy atom. The van der Waals surface area contributed by atoms with Crippen LogP contribution in [0.1, 0.15) is 17.2 Å². The number of methoxy groups -OCH3 is 1. The van der Waals surface area contributed by atoms with Crippen molar-refractivity contribution in [2.24, 2.45) is 0 Å². The van der Waals surface area contributed by atoms with Crippen LogP contribution in [0.4, 0.5) is 4.79 Å². The quantitative estimate of drug-likeness (QED) is 0.744. The summed E-state index contributed by atoms with van der Waals surface area (Å²) in [7, 11) is 1.62. The zero-order valence-electron chi connectivity index (χ0n) is 14.0. The van der Waals surface area contributed by atoms with Gasteiger partial charge in [-0.1, -0.05) is 29.8 Å². The number of benzene rings is 1. The molecule has 23 heavy (non-hydrogen) atoms. The number of carbonyl (C=O) groups excluding carboxylic acids is 1. The molecule has 1 heterocycles. The molecule has 1 aromatic carbocycles. The van der Waals surface area contributed by atoms with E-state index in [-0.39, 0.29) is 12.1 Å². The Morgan fingerprint density at radius 1 is 1.35 bits per heavy atom. The van der Waals surface area contributed by atoms with Crippen LogP contribution < -0.4 is 10.6 Å². The molecule has 0 saturated carbocycles. The van der Waals surface area contributed by atoms with Crippen LogP contribution in [0, 0.1) is 6.92 Å². The highest BCUT2D eigenvalue weighted by Crippen LogP contribution is 2.22. The summed E-state index contributed by atoms with van der Waals surface area (Å²) in [5.74, 6) is 0. The van der Waals surface area contributed by atoms with Crippen molar-refractivity contribution in [1.29, 1.82) is 0 Å². The molecule has 1 atom stereocenters. The van der Waals surface area contributed by atoms with Crippen molar-refractivity contribution >= 4 is 6.03 Å². The Balaban J connectivity index is 1.97. The molecule has 2 amide bonds. The van der Waals surface area contributed by atoms with Crippen LogP contribution in [0.5, 0.6) is 0 Å². The smallest absolute Gasteiger partial charge is 0.314 e. The molecule has 128 valence electrons. The van der Waals surface area contributed by atoms with E-state index in [4.69, 9.17) is 9.47 Å². The molecule has 1 aliphatic rings. The number of urea groups is 1. The zero-order chi connectivity index (χ0) is 16.5. The van der Waals surface area contributed by atoms with Crippen LogP contribution in [0.15, 0.2) is 24.3 Å². The predicted octanol–water partition coefficient (Wildman–Crippen LogP) is 1.31. The Kier molecular flexibility index (Phi) is 7.32. The molecule has 1 unspecified atom stereocenters. The fourth-order valence-electron chi connectivity index (χ4n) is 2.74. The van der Waals surface area contributed by atoms with Gasteiger partial charge in [-0.15, -0.1) is 0 Å². The molecule has 0 spiro atoms. The Hall–Kier alpha value is -1.63. The van der Waals surface area contributed by atoms with Crippen LogP contribution >= 0.6 is 0 Å². The van der Waals surface area contributed by atoms with Gasteiger partial charge in [0.1, 0.15) is 0 Å². The molecule has 2 N–H and O–H groups in total. The summed E-state index contributed by atoms with van der Waals surface area (Å²) in [5.41, 5.74) is 2.45. The monoisotopic (exact) mass is 321 g/mol. The fraction of sp³-hybridized carbons (Fsp3) is 0.588. The number of aryl methyl sites for hydroxylation is 1. The van der Waals surface area contributed by atoms with Gasteiger partial charge in [0.25, 0.3) is 0 Å². The summed E-state index contributed by atoms with van der Waals surface area (Å²) in [4.78, 5) is 14.3. The molecule has 0 aromatic heterocycles. The lowest BCUT2D eigenvalue weighted by Crippen LogP contribution is -2.46. The first-order chi connectivity index (χ1) is 11.2. The van der Waals surface area contributed by atoms with Gasteiger partial charge in [0.05, 0.1) is 25.9 Å². The Bertz CT molecular complexity index is 490. The minimum Gasteiger partial charge on any atom is -0.383 e. The molecule has 6 nitrogen and oxygen atoms in total. The van der Waals surface area contributed by atoms with Gasteiger partial charge in [-0.05, 0) is 12.5 Å². The molecule has 1 aliphatic heterocycles. The summed E-state index contributed by atoms with van der Waals surface area (Å²) >= 11 is 0. The Morgan fingerprint density at radius 3 is 2.83 bits per heavy atom. The van der Waals surface area contributed by atoms with Gasteiger partial charge in [-0.25, -0.2) is 4.79 Å². The Labute approximate surface area is 138 Å². The number of rotatable bonds is 7. The first kappa shape index (κ1) is 17.7. The maximum atomic E-state index is 11.9. The number of hydrogen-bond acceptors (Lipinski definition) is 4. The van der Waals surface area contributed by atoms with Crippen molar-refractivity contribution in [2.75, 3.05) is 53.1 Å². The van der Waals surface area contributed by atoms with E-state index < -0.39 is 0 Å². The standard InChI is InChI=1S/C17H27N3O3/c1-14-4-3-5-15(12-14)16(20-7-10-23-11-8-20)13-19-17(21)18-6-9-22-2/h3-5,12,16H,6-11,13H2,1-2H3,(H2,18,19,21). The van der Waals surface area contributed by atoms with E-state index in [1.54, 1.807) is 7.11 Å². The topological polar surface area (TPSA) is 62.8 Å². The number of nitrogens with zero attached hydrogens (tertiary/aromatic N) is 1. The van der Waals surface area contributed by atoms with Crippen molar-refractivity contribution in [3.63, 3.8) is 0 Å². The summed E-state index contributed by atoms with van der Waals surface area (Å²) in [6.45, 7) is 6.92. The van der Waals surface area contributed by atoms with Crippen molar-refractivity contribution in [3.05, 3.63) is 35.4 Å². The average molecular weight is 321 g/mol. The van der Waals surface area contributed by atoms with E-state index in [1.165, 1.54) is 11.1 Å². The fourth-order valence-corrected chi connectivity index (χ4v) is 2.74. The van der Waals surface area contributed by atoms with Crippen LogP contribution in [-0.2, 0) is 9.47 Å². The van der Waals surface area contributed by atoms with Crippen LogP contribution in [-0.4, -0.2) is 64.0 Å². The lowest BCUT2D eigenvalue weighted by atomic mass is 10.0. The van der Waals surface area contributed by atoms with Crippen molar-refractivity contribution in [3.8, 4) is 0 Å². The zero-order valence-corrected chi connectivity index (χ0v) is 14.0. The van der Waals surface area contributed by atoms with Gasteiger partial charge in [0, 0.05) is 33.3 Å². The van der Waals surface area contributed by atoms with Crippen molar-refractivity contribution in [2.45, 2.75) is 13.0 Å². The maximum Gasteiger partial charge on any atom is 0.314 e. The summed E-state index contributed by atoms with van der Waals surface area (Å²) < 4.78 is 10.4. The van der Waals surface area contributed by atoms with E-state index >= 15 is 0 Å². The minimum atomic E-state index is -0.159. The average Bonchev–Trinajstić information content (AvgIpc) is 2.56. The van der Waals surface area contributed by atoms with Gasteiger partial charge in [-0.2, -0.15) is 0 Å². The molecular formula is C17H27N3O3. The van der Waals surface area contributed by atoms with E-state index in [0.717, 1.165) is 26.3 Å². The molecule has 0 radical (unpaired) electrons. The lowest BCUT2D eigenvalue weighted by Gasteiger charge is -2.35. The van der Waals surface area contributed by atoms with Gasteiger partial charge in [0.15, 0.2) is 0 Å². The molecule has 1 fully saturated rings. The highest BCUT2D eigenvalue weighted by molar-refractivity contribution is 5.73. The second-order valence-electron chi connectivity index (χ2n) is 5.71. The molecule has 2 rings (SSSR count). The number of morpholine rings is 1. The molecule has 0 aliphatic carbocycles. The van der Waals surface area contributed by atoms with Gasteiger partial charge in [0.2, 0.25) is 0 Å². The molecule has 6 heteroatoms. The number of amides is 2. The third kappa shape index (κ3) is 5.82. The molecule has 1 saturated heterocycles. The lowest BCUT2D eigenvalue weighted by molar-refractivity contribution is 0.0167. The number of hydrogen-bond donors (Lipinski definition) is 2. The highest BCUT2D eigenvalue weighted by Gasteiger charge is 2.23. The van der Waals surface area contributed by atoms with Crippen molar-refractivity contribution < 1.29 is 14.3 Å². The van der Waals surface area contributed by atoms with Crippen LogP contribution in [0.25, 0.3) is 0 Å². The molecular weight excluding hydrogens is 294 g/mol. The maximum absolute atomic E-state index is 11.9. The SMILES string of the molecule is COCCNC(=O)NCC(c1cccc(C)c1)N1CCOCC1. The van der Waals surface area contributed by atoms with Crippen LogP contribution in [0.3, 0.4) is 0 Å². The van der Waals surface area contributed by atoms with E-state index in [1.807, 2.05) is 0 Å². The summed E-state index contributed by atoms with van der Waals surface area (Å²) in [5, 5.41) is 5.76. The normalized spacial score (nSPS) is 16.8. The first-order valence-corrected chi connectivity index (χ1v) is 8.09. The molecule has 1 aromatic rings. The minimum absolute atomic E-state index is 0.159. The third-order valence-corrected chi connectivity index (χ3v) is 3.96. The first-order valence-electron chi connectivity index (χ1n) is 8.09. The second kappa shape index (κ2) is 9.50. The second-order valence-corrected chi connectivity index (χ2v) is 5.71. The van der Waals surface area contributed by atoms with Crippen LogP contribution in [0.2, 0.25) is 0 Å². The predicted molar refractivity (Wildman–Crippen MR) is 89.6 cm³/mol. The molecule has 0 bridgehead atoms. The number of carbonyl (C=O) groups is 1. The van der Waals surface area contributed by atoms with Gasteiger partial charge in [-0.3, -0.25) is 4.90 Å². The third-order valence-electron chi connectivity index (χ3n) is 3.96. The van der Waals surface area contributed by atoms with Gasteiger partial charge >= 0.3 is 6.03 Å². The highest BCUT2D eigenvalue weighted by atomic mass is 16.5. The summed E-state index contributed by atoms with van der Waals surface area (Å²) in [6.07, 6.45) is 0. The number of nitrogens with one attached hydrogen (secondary N) is 2. The summed E-state index contributed by atoms with van der Waals surface area (Å²) in [6, 6.07) is 8.46.